The van der Waals surface area contributed by atoms with Crippen molar-refractivity contribution in [1.82, 2.24) is 15.0 Å². The molecule has 1 N–H and O–H groups in total. The Bertz CT molecular complexity index is 1110. The summed E-state index contributed by atoms with van der Waals surface area (Å²) in [7, 11) is 0. The second-order valence-electron chi connectivity index (χ2n) is 9.84. The van der Waals surface area contributed by atoms with Crippen molar-refractivity contribution < 1.29 is 9.32 Å². The first-order chi connectivity index (χ1) is 15.7. The van der Waals surface area contributed by atoms with Crippen molar-refractivity contribution in [2.75, 3.05) is 18.4 Å². The number of amides is 1. The van der Waals surface area contributed by atoms with Gasteiger partial charge in [-0.25, -0.2) is 0 Å². The van der Waals surface area contributed by atoms with Gasteiger partial charge in [0.2, 0.25) is 17.6 Å². The maximum atomic E-state index is 12.7. The fourth-order valence-corrected chi connectivity index (χ4v) is 4.75. The fraction of sp³-hybridized carbons (Fsp3) is 0.423. The van der Waals surface area contributed by atoms with Gasteiger partial charge in [0.15, 0.2) is 0 Å². The lowest BCUT2D eigenvalue weighted by Crippen LogP contribution is -2.37. The van der Waals surface area contributed by atoms with Crippen LogP contribution < -0.4 is 5.32 Å². The van der Waals surface area contributed by atoms with Crippen LogP contribution in [0.4, 0.5) is 5.69 Å². The number of hydrogen-bond donors (Lipinski definition) is 1. The number of carbonyl (C=O) groups excluding carboxylic acids is 1. The fourth-order valence-electron chi connectivity index (χ4n) is 4.10. The van der Waals surface area contributed by atoms with E-state index in [1.807, 2.05) is 19.1 Å². The normalized spacial score (nSPS) is 15.5. The molecule has 174 valence electrons. The van der Waals surface area contributed by atoms with E-state index in [-0.39, 0.29) is 17.2 Å². The van der Waals surface area contributed by atoms with Gasteiger partial charge in [0, 0.05) is 20.7 Å². The van der Waals surface area contributed by atoms with Gasteiger partial charge in [0.05, 0.1) is 6.54 Å². The number of piperidine rings is 1. The molecule has 1 amide bonds. The van der Waals surface area contributed by atoms with Crippen molar-refractivity contribution in [3.8, 4) is 11.4 Å². The second kappa shape index (κ2) is 9.93. The van der Waals surface area contributed by atoms with Crippen LogP contribution in [0.1, 0.15) is 50.6 Å². The molecular formula is C26H31IN4O2. The van der Waals surface area contributed by atoms with E-state index in [9.17, 15) is 4.79 Å². The predicted octanol–water partition coefficient (Wildman–Crippen LogP) is 5.80. The number of anilines is 1. The highest BCUT2D eigenvalue weighted by Gasteiger charge is 2.26. The minimum atomic E-state index is 0.0273. The minimum Gasteiger partial charge on any atom is -0.338 e. The molecule has 2 aromatic carbocycles. The monoisotopic (exact) mass is 558 g/mol. The highest BCUT2D eigenvalue weighted by Crippen LogP contribution is 2.26. The number of halogens is 1. The van der Waals surface area contributed by atoms with E-state index >= 15 is 0 Å². The Hall–Kier alpha value is -2.26. The Morgan fingerprint density at radius 2 is 1.85 bits per heavy atom. The number of nitrogens with zero attached hydrogens (tertiary/aromatic N) is 3. The molecule has 6 nitrogen and oxygen atoms in total. The number of benzene rings is 2. The van der Waals surface area contributed by atoms with Crippen molar-refractivity contribution in [3.05, 3.63) is 63.1 Å². The molecule has 1 aliphatic rings. The van der Waals surface area contributed by atoms with Crippen LogP contribution in [0.3, 0.4) is 0 Å². The first-order valence-electron chi connectivity index (χ1n) is 11.4. The van der Waals surface area contributed by atoms with Crippen LogP contribution in [0.2, 0.25) is 0 Å². The third-order valence-corrected chi connectivity index (χ3v) is 6.91. The Balaban J connectivity index is 1.30. The summed E-state index contributed by atoms with van der Waals surface area (Å²) in [5, 5.41) is 7.28. The molecule has 1 saturated heterocycles. The van der Waals surface area contributed by atoms with Gasteiger partial charge in [-0.15, -0.1) is 0 Å². The van der Waals surface area contributed by atoms with Crippen LogP contribution in [0.5, 0.6) is 0 Å². The lowest BCUT2D eigenvalue weighted by Gasteiger charge is -2.30. The number of likely N-dealkylation sites (tertiary alicyclic amines) is 1. The second-order valence-corrected chi connectivity index (χ2v) is 11.1. The van der Waals surface area contributed by atoms with Crippen molar-refractivity contribution in [3.63, 3.8) is 0 Å². The van der Waals surface area contributed by atoms with Crippen LogP contribution in [0, 0.1) is 16.4 Å². The molecule has 7 heteroatoms. The highest BCUT2D eigenvalue weighted by molar-refractivity contribution is 14.1. The van der Waals surface area contributed by atoms with E-state index in [1.54, 1.807) is 0 Å². The van der Waals surface area contributed by atoms with Crippen LogP contribution in [-0.2, 0) is 16.8 Å². The molecule has 33 heavy (non-hydrogen) atoms. The van der Waals surface area contributed by atoms with Gasteiger partial charge in [-0.1, -0.05) is 50.2 Å². The van der Waals surface area contributed by atoms with Crippen LogP contribution in [0.15, 0.2) is 47.0 Å². The summed E-state index contributed by atoms with van der Waals surface area (Å²) in [4.78, 5) is 19.6. The topological polar surface area (TPSA) is 71.3 Å². The molecule has 2 heterocycles. The van der Waals surface area contributed by atoms with Crippen molar-refractivity contribution >= 4 is 34.2 Å². The molecule has 0 unspecified atom stereocenters. The molecule has 0 saturated carbocycles. The summed E-state index contributed by atoms with van der Waals surface area (Å²) in [5.41, 5.74) is 4.34. The van der Waals surface area contributed by atoms with E-state index in [1.165, 1.54) is 9.13 Å². The van der Waals surface area contributed by atoms with Gasteiger partial charge < -0.3 is 9.84 Å². The van der Waals surface area contributed by atoms with E-state index in [4.69, 9.17) is 4.52 Å². The quantitative estimate of drug-likeness (QED) is 0.401. The maximum absolute atomic E-state index is 12.7. The summed E-state index contributed by atoms with van der Waals surface area (Å²) >= 11 is 2.28. The van der Waals surface area contributed by atoms with Crippen molar-refractivity contribution in [2.24, 2.45) is 5.92 Å². The molecule has 0 spiro atoms. The predicted molar refractivity (Wildman–Crippen MR) is 139 cm³/mol. The Kier molecular flexibility index (Phi) is 7.19. The number of aryl methyl sites for hydroxylation is 1. The van der Waals surface area contributed by atoms with E-state index in [2.05, 4.69) is 94.1 Å². The van der Waals surface area contributed by atoms with Gasteiger partial charge in [-0.05, 0) is 90.2 Å². The first kappa shape index (κ1) is 23.9. The Labute approximate surface area is 209 Å². The van der Waals surface area contributed by atoms with Crippen molar-refractivity contribution in [2.45, 2.75) is 52.5 Å². The number of aromatic nitrogens is 2. The molecular weight excluding hydrogens is 527 g/mol. The summed E-state index contributed by atoms with van der Waals surface area (Å²) in [6.45, 7) is 10.9. The van der Waals surface area contributed by atoms with Crippen LogP contribution in [0.25, 0.3) is 11.4 Å². The van der Waals surface area contributed by atoms with E-state index < -0.39 is 0 Å². The summed E-state index contributed by atoms with van der Waals surface area (Å²) in [5.74, 6) is 1.37. The summed E-state index contributed by atoms with van der Waals surface area (Å²) < 4.78 is 6.68. The smallest absolute Gasteiger partial charge is 0.241 e. The minimum absolute atomic E-state index is 0.0273. The number of hydrogen-bond acceptors (Lipinski definition) is 5. The lowest BCUT2D eigenvalue weighted by molar-refractivity contribution is -0.121. The van der Waals surface area contributed by atoms with Gasteiger partial charge in [0.1, 0.15) is 0 Å². The molecule has 0 aliphatic carbocycles. The largest absolute Gasteiger partial charge is 0.338 e. The average Bonchev–Trinajstić information content (AvgIpc) is 3.24. The molecule has 0 radical (unpaired) electrons. The van der Waals surface area contributed by atoms with Gasteiger partial charge in [-0.2, -0.15) is 4.98 Å². The zero-order valence-electron chi connectivity index (χ0n) is 19.7. The van der Waals surface area contributed by atoms with Gasteiger partial charge in [0.25, 0.3) is 0 Å². The lowest BCUT2D eigenvalue weighted by atomic mass is 9.87. The molecule has 4 rings (SSSR count). The van der Waals surface area contributed by atoms with E-state index in [0.717, 1.165) is 42.7 Å². The van der Waals surface area contributed by atoms with Gasteiger partial charge in [-0.3, -0.25) is 9.69 Å². The number of rotatable bonds is 5. The van der Waals surface area contributed by atoms with Crippen molar-refractivity contribution in [1.29, 1.82) is 0 Å². The molecule has 1 aliphatic heterocycles. The zero-order valence-corrected chi connectivity index (χ0v) is 21.8. The third-order valence-electron chi connectivity index (χ3n) is 6.24. The third kappa shape index (κ3) is 6.00. The molecule has 0 atom stereocenters. The summed E-state index contributed by atoms with van der Waals surface area (Å²) in [6.07, 6.45) is 1.65. The van der Waals surface area contributed by atoms with E-state index in [0.29, 0.717) is 18.3 Å². The Morgan fingerprint density at radius 1 is 1.15 bits per heavy atom. The zero-order chi connectivity index (χ0) is 23.6. The SMILES string of the molecule is Cc1cc(I)ccc1NC(=O)C1CCN(Cc2nc(-c3ccc(C(C)(C)C)cc3)no2)CC1. The number of carbonyl (C=O) groups is 1. The maximum Gasteiger partial charge on any atom is 0.241 e. The first-order valence-corrected chi connectivity index (χ1v) is 12.5. The standard InChI is InChI=1S/C26H31IN4O2/c1-17-15-21(27)9-10-22(17)28-25(32)19-11-13-31(14-12-19)16-23-29-24(30-33-23)18-5-7-20(8-6-18)26(2,3)4/h5-10,15,19H,11-14,16H2,1-4H3,(H,28,32). The van der Waals surface area contributed by atoms with Crippen LogP contribution in [-0.4, -0.2) is 34.0 Å². The van der Waals surface area contributed by atoms with Gasteiger partial charge >= 0.3 is 0 Å². The summed E-state index contributed by atoms with van der Waals surface area (Å²) in [6, 6.07) is 14.4. The molecule has 3 aromatic rings. The molecule has 1 fully saturated rings. The highest BCUT2D eigenvalue weighted by atomic mass is 127. The van der Waals surface area contributed by atoms with Crippen LogP contribution >= 0.6 is 22.6 Å². The molecule has 1 aromatic heterocycles. The average molecular weight is 558 g/mol. The number of nitrogens with one attached hydrogen (secondary N) is 1. The molecule has 0 bridgehead atoms. The Morgan fingerprint density at radius 3 is 2.48 bits per heavy atom.